The first-order valence-corrected chi connectivity index (χ1v) is 8.39. The molecular weight excluding hydrogens is 377 g/mol. The maximum Gasteiger partial charge on any atom is 0.440 e. The van der Waals surface area contributed by atoms with Crippen LogP contribution in [0.2, 0.25) is 0 Å². The Labute approximate surface area is 156 Å². The molecule has 0 radical (unpaired) electrons. The maximum absolute atomic E-state index is 14.1. The molecule has 2 amide bonds. The van der Waals surface area contributed by atoms with Crippen molar-refractivity contribution >= 4 is 28.8 Å². The highest BCUT2D eigenvalue weighted by Crippen LogP contribution is 2.45. The number of fused-ring (bicyclic) bond motifs is 3. The summed E-state index contributed by atoms with van der Waals surface area (Å²) in [4.78, 5) is 28.5. The van der Waals surface area contributed by atoms with Crippen molar-refractivity contribution < 1.29 is 22.8 Å². The van der Waals surface area contributed by atoms with E-state index >= 15 is 0 Å². The smallest absolute Gasteiger partial charge is 0.317 e. The number of imidazole rings is 1. The molecule has 0 saturated carbocycles. The number of nitrogens with zero attached hydrogens (tertiary/aromatic N) is 4. The van der Waals surface area contributed by atoms with Gasteiger partial charge in [0, 0.05) is 30.8 Å². The van der Waals surface area contributed by atoms with Crippen molar-refractivity contribution in [2.24, 2.45) is 7.05 Å². The Kier molecular flexibility index (Phi) is 3.74. The third kappa shape index (κ3) is 2.31. The van der Waals surface area contributed by atoms with Crippen molar-refractivity contribution in [2.75, 3.05) is 5.32 Å². The van der Waals surface area contributed by atoms with E-state index in [0.29, 0.717) is 15.7 Å². The Hall–Kier alpha value is -3.37. The molecular formula is C17H15F3N6O2. The summed E-state index contributed by atoms with van der Waals surface area (Å²) in [5, 5.41) is 8.08. The molecule has 2 N–H and O–H groups in total. The molecule has 1 atom stereocenters. The number of nitrogens with one attached hydrogen (secondary N) is 2. The van der Waals surface area contributed by atoms with E-state index in [1.807, 2.05) is 5.32 Å². The fraction of sp³-hybridized carbons (Fsp3) is 0.294. The second kappa shape index (κ2) is 5.81. The van der Waals surface area contributed by atoms with E-state index in [9.17, 15) is 22.8 Å². The van der Waals surface area contributed by atoms with E-state index in [2.05, 4.69) is 15.4 Å². The van der Waals surface area contributed by atoms with Gasteiger partial charge in [-0.3, -0.25) is 24.2 Å². The summed E-state index contributed by atoms with van der Waals surface area (Å²) in [6.45, 7) is 1.40. The number of hydrogen-bond donors (Lipinski definition) is 2. The normalized spacial score (nSPS) is 19.0. The fourth-order valence-corrected chi connectivity index (χ4v) is 3.34. The van der Waals surface area contributed by atoms with Crippen LogP contribution in [0.25, 0.3) is 22.2 Å². The summed E-state index contributed by atoms with van der Waals surface area (Å²) in [5.74, 6) is -2.60. The van der Waals surface area contributed by atoms with E-state index in [1.54, 1.807) is 36.3 Å². The van der Waals surface area contributed by atoms with Crippen LogP contribution in [-0.4, -0.2) is 37.3 Å². The lowest BCUT2D eigenvalue weighted by Crippen LogP contribution is -2.63. The van der Waals surface area contributed by atoms with Gasteiger partial charge in [0.1, 0.15) is 0 Å². The zero-order chi connectivity index (χ0) is 20.3. The van der Waals surface area contributed by atoms with Gasteiger partial charge in [0.25, 0.3) is 11.6 Å². The van der Waals surface area contributed by atoms with Crippen LogP contribution in [-0.2, 0) is 22.3 Å². The standard InChI is InChI=1S/C17H15F3N6O2/c1-3-12(27)24-16(17(18,19)20)14(28)23-15-22-13-10(9-7-21-25(2)8-9)5-4-6-11(13)26(15)16/h4-8H,3H2,1-2H3,(H,24,27)(H,22,23,28). The van der Waals surface area contributed by atoms with Crippen molar-refractivity contribution in [3.05, 3.63) is 30.6 Å². The second-order valence-corrected chi connectivity index (χ2v) is 6.41. The maximum atomic E-state index is 14.1. The molecule has 0 saturated heterocycles. The van der Waals surface area contributed by atoms with E-state index in [-0.39, 0.29) is 23.4 Å². The molecule has 8 nitrogen and oxygen atoms in total. The van der Waals surface area contributed by atoms with E-state index in [4.69, 9.17) is 0 Å². The number of aromatic nitrogens is 4. The van der Waals surface area contributed by atoms with Gasteiger partial charge in [0.2, 0.25) is 11.9 Å². The number of para-hydroxylation sites is 1. The van der Waals surface area contributed by atoms with Gasteiger partial charge in [-0.25, -0.2) is 4.98 Å². The number of rotatable bonds is 3. The van der Waals surface area contributed by atoms with Crippen LogP contribution in [0.5, 0.6) is 0 Å². The first kappa shape index (κ1) is 18.0. The number of anilines is 1. The molecule has 2 aromatic heterocycles. The van der Waals surface area contributed by atoms with Crippen LogP contribution in [0.4, 0.5) is 19.1 Å². The number of carbonyl (C=O) groups excluding carboxylic acids is 2. The van der Waals surface area contributed by atoms with Crippen LogP contribution in [0, 0.1) is 0 Å². The molecule has 4 rings (SSSR count). The van der Waals surface area contributed by atoms with Crippen LogP contribution in [0.1, 0.15) is 13.3 Å². The van der Waals surface area contributed by atoms with E-state index in [0.717, 1.165) is 0 Å². The van der Waals surface area contributed by atoms with Gasteiger partial charge in [0.15, 0.2) is 0 Å². The number of halogens is 3. The predicted octanol–water partition coefficient (Wildman–Crippen LogP) is 2.13. The fourth-order valence-electron chi connectivity index (χ4n) is 3.34. The lowest BCUT2D eigenvalue weighted by atomic mass is 10.1. The molecule has 11 heteroatoms. The first-order valence-electron chi connectivity index (χ1n) is 8.39. The first-order chi connectivity index (χ1) is 13.2. The summed E-state index contributed by atoms with van der Waals surface area (Å²) < 4.78 is 44.7. The molecule has 1 aliphatic rings. The van der Waals surface area contributed by atoms with Crippen molar-refractivity contribution in [1.29, 1.82) is 0 Å². The number of hydrogen-bond acceptors (Lipinski definition) is 4. The molecule has 1 aliphatic heterocycles. The van der Waals surface area contributed by atoms with Crippen LogP contribution < -0.4 is 10.6 Å². The van der Waals surface area contributed by atoms with Gasteiger partial charge in [0.05, 0.1) is 17.2 Å². The van der Waals surface area contributed by atoms with Gasteiger partial charge < -0.3 is 5.32 Å². The summed E-state index contributed by atoms with van der Waals surface area (Å²) in [6.07, 6.45) is -2.04. The summed E-state index contributed by atoms with van der Waals surface area (Å²) in [6, 6.07) is 4.68. The SMILES string of the molecule is CCC(=O)NC1(C(F)(F)F)C(=O)Nc2nc3c(-c4cnn(C)c4)cccc3n21. The lowest BCUT2D eigenvalue weighted by molar-refractivity contribution is -0.217. The Morgan fingerprint density at radius 1 is 1.36 bits per heavy atom. The molecule has 3 aromatic rings. The molecule has 1 unspecified atom stereocenters. The summed E-state index contributed by atoms with van der Waals surface area (Å²) >= 11 is 0. The number of aryl methyl sites for hydroxylation is 1. The number of carbonyl (C=O) groups is 2. The van der Waals surface area contributed by atoms with Crippen LogP contribution >= 0.6 is 0 Å². The zero-order valence-electron chi connectivity index (χ0n) is 14.8. The van der Waals surface area contributed by atoms with Gasteiger partial charge in [-0.15, -0.1) is 0 Å². The highest BCUT2D eigenvalue weighted by atomic mass is 19.4. The molecule has 0 bridgehead atoms. The van der Waals surface area contributed by atoms with Crippen molar-refractivity contribution in [2.45, 2.75) is 25.2 Å². The van der Waals surface area contributed by atoms with Gasteiger partial charge in [-0.1, -0.05) is 19.1 Å². The Bertz CT molecular complexity index is 1120. The quantitative estimate of drug-likeness (QED) is 0.714. The topological polar surface area (TPSA) is 93.8 Å². The lowest BCUT2D eigenvalue weighted by Gasteiger charge is -2.31. The molecule has 28 heavy (non-hydrogen) atoms. The zero-order valence-corrected chi connectivity index (χ0v) is 14.8. The average molecular weight is 392 g/mol. The molecule has 0 aliphatic carbocycles. The van der Waals surface area contributed by atoms with E-state index < -0.39 is 23.7 Å². The second-order valence-electron chi connectivity index (χ2n) is 6.41. The molecule has 0 fully saturated rings. The molecule has 3 heterocycles. The third-order valence-corrected chi connectivity index (χ3v) is 4.64. The Morgan fingerprint density at radius 2 is 2.11 bits per heavy atom. The minimum atomic E-state index is -5.09. The van der Waals surface area contributed by atoms with Crippen LogP contribution in [0.3, 0.4) is 0 Å². The number of alkyl halides is 3. The number of amides is 2. The Morgan fingerprint density at radius 3 is 2.71 bits per heavy atom. The number of benzene rings is 1. The highest BCUT2D eigenvalue weighted by Gasteiger charge is 2.67. The highest BCUT2D eigenvalue weighted by molar-refractivity contribution is 6.06. The van der Waals surface area contributed by atoms with E-state index in [1.165, 1.54) is 13.0 Å². The minimum absolute atomic E-state index is 0.0587. The molecule has 0 spiro atoms. The Balaban J connectivity index is 2.01. The van der Waals surface area contributed by atoms with Crippen molar-refractivity contribution in [3.8, 4) is 11.1 Å². The minimum Gasteiger partial charge on any atom is -0.317 e. The summed E-state index contributed by atoms with van der Waals surface area (Å²) in [7, 11) is 1.71. The van der Waals surface area contributed by atoms with Gasteiger partial charge >= 0.3 is 6.18 Å². The summed E-state index contributed by atoms with van der Waals surface area (Å²) in [5.41, 5.74) is -1.74. The molecule has 146 valence electrons. The largest absolute Gasteiger partial charge is 0.440 e. The third-order valence-electron chi connectivity index (χ3n) is 4.64. The molecule has 1 aromatic carbocycles. The van der Waals surface area contributed by atoms with Crippen LogP contribution in [0.15, 0.2) is 30.6 Å². The predicted molar refractivity (Wildman–Crippen MR) is 93.0 cm³/mol. The van der Waals surface area contributed by atoms with Gasteiger partial charge in [-0.05, 0) is 6.07 Å². The van der Waals surface area contributed by atoms with Crippen molar-refractivity contribution in [3.63, 3.8) is 0 Å². The van der Waals surface area contributed by atoms with Gasteiger partial charge in [-0.2, -0.15) is 18.3 Å². The van der Waals surface area contributed by atoms with Crippen molar-refractivity contribution in [1.82, 2.24) is 24.6 Å². The average Bonchev–Trinajstić information content (AvgIpc) is 3.28. The monoisotopic (exact) mass is 392 g/mol.